The molecule has 250 valence electrons. The van der Waals surface area contributed by atoms with Crippen LogP contribution in [0.25, 0.3) is 0 Å². The quantitative estimate of drug-likeness (QED) is 0.182. The molecule has 1 fully saturated rings. The average Bonchev–Trinajstić information content (AvgIpc) is 3.86. The molecule has 0 unspecified atom stereocenters. The zero-order chi connectivity index (χ0) is 34.7. The Labute approximate surface area is 289 Å². The summed E-state index contributed by atoms with van der Waals surface area (Å²) in [6, 6.07) is 43.6. The molecule has 0 bridgehead atoms. The normalized spacial score (nSPS) is 12.0. The first-order valence-corrected chi connectivity index (χ1v) is 17.8. The largest absolute Gasteiger partial charge is 0.0613 e. The van der Waals surface area contributed by atoms with Crippen LogP contribution in [-0.4, -0.2) is 0 Å². The van der Waals surface area contributed by atoms with Gasteiger partial charge in [0.2, 0.25) is 0 Å². The van der Waals surface area contributed by atoms with Gasteiger partial charge in [-0.3, -0.25) is 0 Å². The second-order valence-electron chi connectivity index (χ2n) is 13.3. The summed E-state index contributed by atoms with van der Waals surface area (Å²) >= 11 is 0. The summed E-state index contributed by atoms with van der Waals surface area (Å²) in [6.45, 7) is 21.6. The highest BCUT2D eigenvalue weighted by Gasteiger charge is 2.38. The van der Waals surface area contributed by atoms with Gasteiger partial charge >= 0.3 is 0 Å². The fourth-order valence-corrected chi connectivity index (χ4v) is 4.73. The van der Waals surface area contributed by atoms with Gasteiger partial charge in [-0.2, -0.15) is 0 Å². The van der Waals surface area contributed by atoms with Gasteiger partial charge in [-0.05, 0) is 106 Å². The van der Waals surface area contributed by atoms with E-state index in [2.05, 4.69) is 191 Å². The molecule has 1 saturated carbocycles. The van der Waals surface area contributed by atoms with E-state index in [9.17, 15) is 0 Å². The Kier molecular flexibility index (Phi) is 17.6. The molecule has 0 heterocycles. The monoisotopic (exact) mass is 626 g/mol. The molecule has 0 heteroatoms. The molecule has 0 nitrogen and oxygen atoms in total. The van der Waals surface area contributed by atoms with Crippen molar-refractivity contribution in [2.45, 2.75) is 113 Å². The maximum Gasteiger partial charge on any atom is -0.00746 e. The predicted molar refractivity (Wildman–Crippen MR) is 210 cm³/mol. The molecule has 47 heavy (non-hydrogen) atoms. The smallest absolute Gasteiger partial charge is 0.00746 e. The minimum absolute atomic E-state index is 0.535. The van der Waals surface area contributed by atoms with Gasteiger partial charge in [0.1, 0.15) is 0 Å². The van der Waals surface area contributed by atoms with Crippen LogP contribution in [0.5, 0.6) is 0 Å². The van der Waals surface area contributed by atoms with Gasteiger partial charge < -0.3 is 0 Å². The lowest BCUT2D eigenvalue weighted by Gasteiger charge is -2.07. The molecule has 0 atom stereocenters. The third-order valence-corrected chi connectivity index (χ3v) is 8.86. The van der Waals surface area contributed by atoms with Gasteiger partial charge in [-0.1, -0.05) is 184 Å². The molecular formula is C47H62. The Hall–Kier alpha value is -3.90. The zero-order valence-corrected chi connectivity index (χ0v) is 31.3. The Bertz CT molecular complexity index is 1410. The maximum absolute atomic E-state index is 2.34. The summed E-state index contributed by atoms with van der Waals surface area (Å²) < 4.78 is 0. The maximum atomic E-state index is 2.34. The number of hydrogen-bond donors (Lipinski definition) is 0. The molecule has 0 saturated heterocycles. The molecular weight excluding hydrogens is 565 g/mol. The van der Waals surface area contributed by atoms with Gasteiger partial charge in [-0.25, -0.2) is 0 Å². The minimum atomic E-state index is 0.535. The summed E-state index contributed by atoms with van der Waals surface area (Å²) in [6.07, 6.45) is 7.31. The van der Waals surface area contributed by atoms with Crippen LogP contribution in [0.4, 0.5) is 0 Å². The molecule has 0 N–H and O–H groups in total. The molecule has 0 aliphatic heterocycles. The molecule has 0 radical (unpaired) electrons. The van der Waals surface area contributed by atoms with Crippen molar-refractivity contribution in [1.29, 1.82) is 0 Å². The van der Waals surface area contributed by atoms with Crippen LogP contribution in [0.15, 0.2) is 121 Å². The molecule has 5 aromatic carbocycles. The van der Waals surface area contributed by atoms with Gasteiger partial charge in [0.05, 0.1) is 0 Å². The van der Waals surface area contributed by atoms with E-state index >= 15 is 0 Å². The molecule has 1 aliphatic carbocycles. The van der Waals surface area contributed by atoms with E-state index in [-0.39, 0.29) is 0 Å². The van der Waals surface area contributed by atoms with Crippen molar-refractivity contribution in [3.63, 3.8) is 0 Å². The van der Waals surface area contributed by atoms with Crippen LogP contribution in [0.3, 0.4) is 0 Å². The predicted octanol–water partition coefficient (Wildman–Crippen LogP) is 13.3. The van der Waals surface area contributed by atoms with E-state index in [1.165, 1.54) is 68.5 Å². The van der Waals surface area contributed by atoms with Crippen LogP contribution in [0.1, 0.15) is 103 Å². The molecule has 0 spiro atoms. The van der Waals surface area contributed by atoms with E-state index in [0.717, 1.165) is 25.7 Å². The fourth-order valence-electron chi connectivity index (χ4n) is 4.73. The topological polar surface area (TPSA) is 0 Å². The zero-order valence-electron chi connectivity index (χ0n) is 31.3. The van der Waals surface area contributed by atoms with Crippen LogP contribution in [-0.2, 0) is 31.1 Å². The third-order valence-electron chi connectivity index (χ3n) is 8.86. The van der Waals surface area contributed by atoms with Crippen molar-refractivity contribution in [1.82, 2.24) is 0 Å². The number of aryl methyl sites for hydroxylation is 9. The van der Waals surface area contributed by atoms with E-state index in [1.54, 1.807) is 0 Å². The van der Waals surface area contributed by atoms with E-state index in [0.29, 0.717) is 5.41 Å². The highest BCUT2D eigenvalue weighted by atomic mass is 14.4. The van der Waals surface area contributed by atoms with Crippen molar-refractivity contribution in [3.05, 3.63) is 177 Å². The van der Waals surface area contributed by atoms with E-state index in [1.807, 2.05) is 0 Å². The lowest BCUT2D eigenvalue weighted by atomic mass is 9.98. The van der Waals surface area contributed by atoms with Crippen LogP contribution < -0.4 is 0 Å². The van der Waals surface area contributed by atoms with E-state index < -0.39 is 0 Å². The summed E-state index contributed by atoms with van der Waals surface area (Å²) in [4.78, 5) is 0. The number of hydrogen-bond acceptors (Lipinski definition) is 0. The van der Waals surface area contributed by atoms with Crippen molar-refractivity contribution in [2.75, 3.05) is 0 Å². The second kappa shape index (κ2) is 21.1. The van der Waals surface area contributed by atoms with Gasteiger partial charge in [-0.15, -0.1) is 0 Å². The molecule has 5 aromatic rings. The summed E-state index contributed by atoms with van der Waals surface area (Å²) in [5.74, 6) is 0. The first kappa shape index (κ1) is 39.3. The highest BCUT2D eigenvalue weighted by molar-refractivity contribution is 5.32. The summed E-state index contributed by atoms with van der Waals surface area (Å²) in [5, 5.41) is 0. The Morgan fingerprint density at radius 1 is 0.340 bits per heavy atom. The molecule has 1 aliphatic rings. The molecule has 0 amide bonds. The second-order valence-corrected chi connectivity index (χ2v) is 13.3. The van der Waals surface area contributed by atoms with Gasteiger partial charge in [0.15, 0.2) is 0 Å². The van der Waals surface area contributed by atoms with Crippen molar-refractivity contribution in [2.24, 2.45) is 0 Å². The summed E-state index contributed by atoms with van der Waals surface area (Å²) in [5.41, 5.74) is 14.4. The SMILES string of the molecule is CCc1ccc(C)cc1.CCc1ccc(C)cc1.CCc1ccc(CC)cc1.Cc1ccc(C)cc1.Cc1ccc(C2(C)CC2)cc1. The van der Waals surface area contributed by atoms with Crippen LogP contribution in [0.2, 0.25) is 0 Å². The lowest BCUT2D eigenvalue weighted by Crippen LogP contribution is -1.98. The Balaban J connectivity index is 0.000000205. The first-order chi connectivity index (χ1) is 22.5. The van der Waals surface area contributed by atoms with Crippen molar-refractivity contribution < 1.29 is 0 Å². The standard InChI is InChI=1S/C11H14.C10H14.2C9H12.C8H10/c1-9-3-5-10(6-4-9)11(2)7-8-11;1-3-9-5-7-10(4-2)8-6-9;2*1-3-9-6-4-8(2)5-7-9;1-7-3-5-8(2)6-4-7/h3-6H,7-8H2,1-2H3;5-8H,3-4H2,1-2H3;2*4-7H,3H2,1-2H3;3-6H,1-2H3. The van der Waals surface area contributed by atoms with Crippen LogP contribution in [0, 0.1) is 34.6 Å². The number of benzene rings is 5. The minimum Gasteiger partial charge on any atom is -0.0613 e. The average molecular weight is 627 g/mol. The van der Waals surface area contributed by atoms with Gasteiger partial charge in [0.25, 0.3) is 0 Å². The first-order valence-electron chi connectivity index (χ1n) is 17.8. The van der Waals surface area contributed by atoms with E-state index in [4.69, 9.17) is 0 Å². The Morgan fingerprint density at radius 3 is 0.745 bits per heavy atom. The summed E-state index contributed by atoms with van der Waals surface area (Å²) in [7, 11) is 0. The lowest BCUT2D eigenvalue weighted by molar-refractivity contribution is 0.787. The van der Waals surface area contributed by atoms with Crippen LogP contribution >= 0.6 is 0 Å². The van der Waals surface area contributed by atoms with Crippen molar-refractivity contribution in [3.8, 4) is 0 Å². The fraction of sp³-hybridized carbons (Fsp3) is 0.362. The van der Waals surface area contributed by atoms with Gasteiger partial charge in [0, 0.05) is 0 Å². The third kappa shape index (κ3) is 16.0. The van der Waals surface area contributed by atoms with Crippen molar-refractivity contribution >= 4 is 0 Å². The highest BCUT2D eigenvalue weighted by Crippen LogP contribution is 2.47. The Morgan fingerprint density at radius 2 is 0.532 bits per heavy atom. The number of rotatable bonds is 5. The molecule has 0 aromatic heterocycles. The molecule has 6 rings (SSSR count).